The molecule has 3 nitrogen and oxygen atoms in total. The number of aryl methyl sites for hydroxylation is 1. The lowest BCUT2D eigenvalue weighted by Crippen LogP contribution is -2.45. The standard InChI is InChI=1S/C11H15BrN2O/c1-7-4-8(12)6-9(5-7)14-10(15)11(2,3)13/h4-6H,13H2,1-3H3,(H,14,15). The zero-order valence-electron chi connectivity index (χ0n) is 9.10. The van der Waals surface area contributed by atoms with Gasteiger partial charge in [-0.2, -0.15) is 0 Å². The van der Waals surface area contributed by atoms with E-state index in [-0.39, 0.29) is 5.91 Å². The van der Waals surface area contributed by atoms with Gasteiger partial charge in [-0.1, -0.05) is 15.9 Å². The van der Waals surface area contributed by atoms with Gasteiger partial charge in [0.15, 0.2) is 0 Å². The molecule has 0 atom stereocenters. The first-order valence-corrected chi connectivity index (χ1v) is 5.46. The number of hydrogen-bond acceptors (Lipinski definition) is 2. The van der Waals surface area contributed by atoms with Crippen molar-refractivity contribution in [2.45, 2.75) is 26.3 Å². The summed E-state index contributed by atoms with van der Waals surface area (Å²) in [5.41, 5.74) is 6.65. The summed E-state index contributed by atoms with van der Waals surface area (Å²) in [5.74, 6) is -0.194. The summed E-state index contributed by atoms with van der Waals surface area (Å²) in [6.45, 7) is 5.31. The van der Waals surface area contributed by atoms with Crippen LogP contribution in [0.1, 0.15) is 19.4 Å². The second kappa shape index (κ2) is 4.33. The van der Waals surface area contributed by atoms with E-state index in [0.717, 1.165) is 15.7 Å². The SMILES string of the molecule is Cc1cc(Br)cc(NC(=O)C(C)(C)N)c1. The van der Waals surface area contributed by atoms with E-state index >= 15 is 0 Å². The van der Waals surface area contributed by atoms with Gasteiger partial charge in [-0.3, -0.25) is 4.79 Å². The third-order valence-corrected chi connectivity index (χ3v) is 2.34. The van der Waals surface area contributed by atoms with E-state index in [2.05, 4.69) is 21.2 Å². The Labute approximate surface area is 98.2 Å². The Morgan fingerprint density at radius 3 is 2.47 bits per heavy atom. The molecule has 0 radical (unpaired) electrons. The van der Waals surface area contributed by atoms with Crippen LogP contribution in [0.25, 0.3) is 0 Å². The fourth-order valence-electron chi connectivity index (χ4n) is 1.10. The lowest BCUT2D eigenvalue weighted by molar-refractivity contribution is -0.120. The number of carbonyl (C=O) groups is 1. The highest BCUT2D eigenvalue weighted by atomic mass is 79.9. The van der Waals surface area contributed by atoms with Gasteiger partial charge in [0.2, 0.25) is 5.91 Å². The number of halogens is 1. The molecule has 1 rings (SSSR count). The monoisotopic (exact) mass is 270 g/mol. The number of anilines is 1. The van der Waals surface area contributed by atoms with E-state index in [1.54, 1.807) is 13.8 Å². The molecule has 0 saturated heterocycles. The summed E-state index contributed by atoms with van der Waals surface area (Å²) in [7, 11) is 0. The maximum Gasteiger partial charge on any atom is 0.243 e. The van der Waals surface area contributed by atoms with Gasteiger partial charge >= 0.3 is 0 Å². The van der Waals surface area contributed by atoms with E-state index in [1.807, 2.05) is 25.1 Å². The normalized spacial score (nSPS) is 11.3. The van der Waals surface area contributed by atoms with Crippen molar-refractivity contribution in [2.75, 3.05) is 5.32 Å². The van der Waals surface area contributed by atoms with Gasteiger partial charge in [-0.05, 0) is 44.5 Å². The van der Waals surface area contributed by atoms with E-state index in [4.69, 9.17) is 5.73 Å². The van der Waals surface area contributed by atoms with Crippen LogP contribution in [0.2, 0.25) is 0 Å². The molecule has 0 unspecified atom stereocenters. The summed E-state index contributed by atoms with van der Waals surface area (Å²) in [6.07, 6.45) is 0. The van der Waals surface area contributed by atoms with Crippen LogP contribution in [0.3, 0.4) is 0 Å². The summed E-state index contributed by atoms with van der Waals surface area (Å²) >= 11 is 3.37. The van der Waals surface area contributed by atoms with E-state index < -0.39 is 5.54 Å². The Balaban J connectivity index is 2.86. The molecule has 82 valence electrons. The number of hydrogen-bond donors (Lipinski definition) is 2. The summed E-state index contributed by atoms with van der Waals surface area (Å²) in [6, 6.07) is 5.72. The van der Waals surface area contributed by atoms with Crippen LogP contribution < -0.4 is 11.1 Å². The first-order valence-electron chi connectivity index (χ1n) is 4.66. The summed E-state index contributed by atoms with van der Waals surface area (Å²) in [4.78, 5) is 11.6. The van der Waals surface area contributed by atoms with Gasteiger partial charge in [-0.25, -0.2) is 0 Å². The van der Waals surface area contributed by atoms with Crippen LogP contribution in [0.15, 0.2) is 22.7 Å². The van der Waals surface area contributed by atoms with Gasteiger partial charge < -0.3 is 11.1 Å². The zero-order chi connectivity index (χ0) is 11.6. The zero-order valence-corrected chi connectivity index (χ0v) is 10.7. The highest BCUT2D eigenvalue weighted by Gasteiger charge is 2.21. The third kappa shape index (κ3) is 3.64. The molecule has 4 heteroatoms. The van der Waals surface area contributed by atoms with Gasteiger partial charge in [-0.15, -0.1) is 0 Å². The van der Waals surface area contributed by atoms with Gasteiger partial charge in [0.25, 0.3) is 0 Å². The largest absolute Gasteiger partial charge is 0.324 e. The average Bonchev–Trinajstić information content (AvgIpc) is 1.99. The molecule has 3 N–H and O–H groups in total. The number of nitrogens with two attached hydrogens (primary N) is 1. The third-order valence-electron chi connectivity index (χ3n) is 1.89. The topological polar surface area (TPSA) is 55.1 Å². The Morgan fingerprint density at radius 2 is 2.00 bits per heavy atom. The molecule has 0 bridgehead atoms. The average molecular weight is 271 g/mol. The van der Waals surface area contributed by atoms with Crippen LogP contribution >= 0.6 is 15.9 Å². The quantitative estimate of drug-likeness (QED) is 0.868. The lowest BCUT2D eigenvalue weighted by atomic mass is 10.1. The Kier molecular flexibility index (Phi) is 3.52. The lowest BCUT2D eigenvalue weighted by Gasteiger charge is -2.18. The second-order valence-electron chi connectivity index (χ2n) is 4.19. The van der Waals surface area contributed by atoms with Gasteiger partial charge in [0.1, 0.15) is 0 Å². The van der Waals surface area contributed by atoms with Crippen molar-refractivity contribution < 1.29 is 4.79 Å². The van der Waals surface area contributed by atoms with Crippen molar-refractivity contribution in [3.8, 4) is 0 Å². The molecule has 1 aromatic rings. The molecule has 0 aliphatic rings. The molecule has 0 aromatic heterocycles. The maximum absolute atomic E-state index is 11.6. The molecule has 1 amide bonds. The molecule has 0 heterocycles. The molecule has 15 heavy (non-hydrogen) atoms. The van der Waals surface area contributed by atoms with Crippen molar-refractivity contribution in [1.82, 2.24) is 0 Å². The Morgan fingerprint density at radius 1 is 1.40 bits per heavy atom. The van der Waals surface area contributed by atoms with Gasteiger partial charge in [0.05, 0.1) is 5.54 Å². The number of carbonyl (C=O) groups excluding carboxylic acids is 1. The molecule has 0 fully saturated rings. The minimum atomic E-state index is -0.865. The minimum absolute atomic E-state index is 0.194. The number of rotatable bonds is 2. The van der Waals surface area contributed by atoms with Crippen molar-refractivity contribution in [3.05, 3.63) is 28.2 Å². The summed E-state index contributed by atoms with van der Waals surface area (Å²) < 4.78 is 0.938. The summed E-state index contributed by atoms with van der Waals surface area (Å²) in [5, 5.41) is 2.77. The van der Waals surface area contributed by atoms with Crippen LogP contribution in [0, 0.1) is 6.92 Å². The van der Waals surface area contributed by atoms with Crippen molar-refractivity contribution >= 4 is 27.5 Å². The molecule has 0 aliphatic carbocycles. The van der Waals surface area contributed by atoms with E-state index in [1.165, 1.54) is 0 Å². The van der Waals surface area contributed by atoms with Crippen LogP contribution in [-0.4, -0.2) is 11.4 Å². The Hall–Kier alpha value is -0.870. The fourth-order valence-corrected chi connectivity index (χ4v) is 1.71. The van der Waals surface area contributed by atoms with Crippen molar-refractivity contribution in [2.24, 2.45) is 5.73 Å². The van der Waals surface area contributed by atoms with Crippen molar-refractivity contribution in [1.29, 1.82) is 0 Å². The molecule has 0 spiro atoms. The fraction of sp³-hybridized carbons (Fsp3) is 0.364. The molecule has 1 aromatic carbocycles. The highest BCUT2D eigenvalue weighted by Crippen LogP contribution is 2.19. The van der Waals surface area contributed by atoms with Crippen LogP contribution in [0.5, 0.6) is 0 Å². The Bertz CT molecular complexity index is 362. The number of nitrogens with one attached hydrogen (secondary N) is 1. The smallest absolute Gasteiger partial charge is 0.243 e. The molecule has 0 saturated carbocycles. The maximum atomic E-state index is 11.6. The van der Waals surface area contributed by atoms with Crippen LogP contribution in [0.4, 0.5) is 5.69 Å². The van der Waals surface area contributed by atoms with E-state index in [9.17, 15) is 4.79 Å². The number of benzene rings is 1. The predicted molar refractivity (Wildman–Crippen MR) is 65.8 cm³/mol. The van der Waals surface area contributed by atoms with Crippen molar-refractivity contribution in [3.63, 3.8) is 0 Å². The first-order chi connectivity index (χ1) is 6.79. The molecule has 0 aliphatic heterocycles. The highest BCUT2D eigenvalue weighted by molar-refractivity contribution is 9.10. The molecular formula is C11H15BrN2O. The first kappa shape index (κ1) is 12.2. The second-order valence-corrected chi connectivity index (χ2v) is 5.11. The molecular weight excluding hydrogens is 256 g/mol. The number of amides is 1. The van der Waals surface area contributed by atoms with Crippen LogP contribution in [-0.2, 0) is 4.79 Å². The predicted octanol–water partition coefficient (Wildman–Crippen LogP) is 2.43. The minimum Gasteiger partial charge on any atom is -0.324 e. The van der Waals surface area contributed by atoms with E-state index in [0.29, 0.717) is 0 Å². The van der Waals surface area contributed by atoms with Gasteiger partial charge in [0, 0.05) is 10.2 Å².